The lowest BCUT2D eigenvalue weighted by atomic mass is 10.2. The van der Waals surface area contributed by atoms with Gasteiger partial charge >= 0.3 is 5.97 Å². The van der Waals surface area contributed by atoms with Gasteiger partial charge in [0.2, 0.25) is 0 Å². The van der Waals surface area contributed by atoms with Gasteiger partial charge < -0.3 is 5.11 Å². The van der Waals surface area contributed by atoms with E-state index >= 15 is 0 Å². The number of anilines is 1. The maximum absolute atomic E-state index is 10.9. The molecular formula is C19H16Cl2N4O2. The molecule has 0 spiro atoms. The molecule has 3 rings (SSSR count). The number of carboxylic acid groups (broad SMARTS) is 1. The maximum Gasteiger partial charge on any atom is 0.335 e. The molecule has 0 aliphatic carbocycles. The van der Waals surface area contributed by atoms with Crippen LogP contribution in [0.25, 0.3) is 0 Å². The fourth-order valence-corrected chi connectivity index (χ4v) is 2.85. The molecule has 1 aromatic heterocycles. The lowest BCUT2D eigenvalue weighted by Gasteiger charge is -2.04. The van der Waals surface area contributed by atoms with Crippen LogP contribution in [0.15, 0.2) is 53.6 Å². The summed E-state index contributed by atoms with van der Waals surface area (Å²) in [6.45, 7) is 2.38. The van der Waals surface area contributed by atoms with Crippen molar-refractivity contribution in [3.05, 3.63) is 81.1 Å². The molecule has 0 radical (unpaired) electrons. The third kappa shape index (κ3) is 4.67. The third-order valence-corrected chi connectivity index (χ3v) is 4.52. The van der Waals surface area contributed by atoms with Crippen LogP contribution in [0.1, 0.15) is 27.2 Å². The molecular weight excluding hydrogens is 387 g/mol. The number of nitrogens with zero attached hydrogens (tertiary/aromatic N) is 3. The Labute approximate surface area is 166 Å². The number of hydrogen-bond acceptors (Lipinski definition) is 4. The molecule has 2 aromatic carbocycles. The van der Waals surface area contributed by atoms with Crippen LogP contribution in [-0.2, 0) is 6.54 Å². The zero-order chi connectivity index (χ0) is 19.4. The van der Waals surface area contributed by atoms with E-state index in [4.69, 9.17) is 28.3 Å². The van der Waals surface area contributed by atoms with E-state index < -0.39 is 5.97 Å². The van der Waals surface area contributed by atoms with Gasteiger partial charge in [-0.1, -0.05) is 35.3 Å². The van der Waals surface area contributed by atoms with Crippen molar-refractivity contribution in [2.75, 3.05) is 5.43 Å². The third-order valence-electron chi connectivity index (χ3n) is 3.87. The fourth-order valence-electron chi connectivity index (χ4n) is 2.44. The minimum absolute atomic E-state index is 0.215. The summed E-state index contributed by atoms with van der Waals surface area (Å²) >= 11 is 12.3. The molecule has 3 aromatic rings. The number of benzene rings is 2. The van der Waals surface area contributed by atoms with Crippen LogP contribution in [0.4, 0.5) is 5.69 Å². The first kappa shape index (κ1) is 18.9. The second-order valence-electron chi connectivity index (χ2n) is 5.83. The van der Waals surface area contributed by atoms with E-state index in [1.165, 1.54) is 12.1 Å². The summed E-state index contributed by atoms with van der Waals surface area (Å²) in [5.41, 5.74) is 6.22. The second-order valence-corrected chi connectivity index (χ2v) is 6.62. The predicted molar refractivity (Wildman–Crippen MR) is 107 cm³/mol. The molecule has 0 bridgehead atoms. The van der Waals surface area contributed by atoms with Crippen LogP contribution in [0.5, 0.6) is 0 Å². The second kappa shape index (κ2) is 8.24. The smallest absolute Gasteiger partial charge is 0.335 e. The number of aromatic nitrogens is 2. The van der Waals surface area contributed by atoms with Gasteiger partial charge in [0.05, 0.1) is 35.3 Å². The Kier molecular flexibility index (Phi) is 5.78. The van der Waals surface area contributed by atoms with E-state index in [1.54, 1.807) is 23.0 Å². The Balaban J connectivity index is 1.71. The Morgan fingerprint density at radius 2 is 1.85 bits per heavy atom. The highest BCUT2D eigenvalue weighted by Gasteiger charge is 2.12. The lowest BCUT2D eigenvalue weighted by molar-refractivity contribution is 0.0697. The van der Waals surface area contributed by atoms with Crippen molar-refractivity contribution in [2.45, 2.75) is 13.5 Å². The maximum atomic E-state index is 10.9. The summed E-state index contributed by atoms with van der Waals surface area (Å²) in [6.07, 6.45) is 1.59. The number of rotatable bonds is 6. The largest absolute Gasteiger partial charge is 0.478 e. The molecule has 0 amide bonds. The lowest BCUT2D eigenvalue weighted by Crippen LogP contribution is -2.02. The first-order chi connectivity index (χ1) is 12.9. The van der Waals surface area contributed by atoms with Crippen molar-refractivity contribution in [1.29, 1.82) is 0 Å². The summed E-state index contributed by atoms with van der Waals surface area (Å²) in [5, 5.41) is 18.7. The highest BCUT2D eigenvalue weighted by molar-refractivity contribution is 6.32. The van der Waals surface area contributed by atoms with Crippen LogP contribution in [0.3, 0.4) is 0 Å². The molecule has 0 aliphatic heterocycles. The van der Waals surface area contributed by atoms with Crippen LogP contribution < -0.4 is 5.43 Å². The molecule has 2 N–H and O–H groups in total. The first-order valence-corrected chi connectivity index (χ1v) is 8.79. The van der Waals surface area contributed by atoms with E-state index in [0.717, 1.165) is 11.3 Å². The highest BCUT2D eigenvalue weighted by atomic mass is 35.5. The van der Waals surface area contributed by atoms with Crippen molar-refractivity contribution in [3.8, 4) is 0 Å². The van der Waals surface area contributed by atoms with E-state index in [9.17, 15) is 4.79 Å². The number of hydrazone groups is 1. The van der Waals surface area contributed by atoms with Crippen molar-refractivity contribution in [1.82, 2.24) is 9.78 Å². The molecule has 138 valence electrons. The first-order valence-electron chi connectivity index (χ1n) is 8.04. The number of halogens is 2. The van der Waals surface area contributed by atoms with Crippen molar-refractivity contribution in [3.63, 3.8) is 0 Å². The van der Waals surface area contributed by atoms with Gasteiger partial charge in [-0.2, -0.15) is 10.2 Å². The van der Waals surface area contributed by atoms with Gasteiger partial charge in [0, 0.05) is 5.02 Å². The minimum Gasteiger partial charge on any atom is -0.478 e. The Morgan fingerprint density at radius 3 is 2.48 bits per heavy atom. The number of nitrogens with one attached hydrogen (secondary N) is 1. The molecule has 0 fully saturated rings. The molecule has 0 aliphatic rings. The Hall–Kier alpha value is -2.83. The average Bonchev–Trinajstić information content (AvgIpc) is 2.91. The summed E-state index contributed by atoms with van der Waals surface area (Å²) in [4.78, 5) is 10.9. The summed E-state index contributed by atoms with van der Waals surface area (Å²) in [6, 6.07) is 13.8. The molecule has 0 saturated heterocycles. The van der Waals surface area contributed by atoms with E-state index in [1.807, 2.05) is 31.2 Å². The molecule has 6 nitrogen and oxygen atoms in total. The Bertz CT molecular complexity index is 980. The van der Waals surface area contributed by atoms with Crippen LogP contribution in [-0.4, -0.2) is 27.1 Å². The molecule has 0 atom stereocenters. The van der Waals surface area contributed by atoms with Gasteiger partial charge in [-0.05, 0) is 48.9 Å². The highest BCUT2D eigenvalue weighted by Crippen LogP contribution is 2.20. The standard InChI is InChI=1S/C19H16Cl2N4O2/c1-12-17(10-22-23-16-8-4-14(5-9-16)19(26)27)18(21)25(24-12)11-13-2-6-15(20)7-3-13/h2-10,23H,11H2,1H3,(H,26,27)/b22-10+. The van der Waals surface area contributed by atoms with Crippen molar-refractivity contribution >= 4 is 41.1 Å². The van der Waals surface area contributed by atoms with Crippen LogP contribution >= 0.6 is 23.2 Å². The molecule has 27 heavy (non-hydrogen) atoms. The summed E-state index contributed by atoms with van der Waals surface area (Å²) in [5.74, 6) is -0.972. The number of carbonyl (C=O) groups is 1. The molecule has 1 heterocycles. The van der Waals surface area contributed by atoms with Crippen molar-refractivity contribution in [2.24, 2.45) is 5.10 Å². The number of carboxylic acids is 1. The molecule has 8 heteroatoms. The molecule has 0 unspecified atom stereocenters. The number of hydrogen-bond donors (Lipinski definition) is 2. The van der Waals surface area contributed by atoms with Crippen molar-refractivity contribution < 1.29 is 9.90 Å². The van der Waals surface area contributed by atoms with Gasteiger partial charge in [0.25, 0.3) is 0 Å². The SMILES string of the molecule is Cc1nn(Cc2ccc(Cl)cc2)c(Cl)c1/C=N/Nc1ccc(C(=O)O)cc1. The van der Waals surface area contributed by atoms with Gasteiger partial charge in [-0.3, -0.25) is 5.43 Å². The minimum atomic E-state index is -0.972. The van der Waals surface area contributed by atoms with E-state index in [2.05, 4.69) is 15.6 Å². The predicted octanol–water partition coefficient (Wildman–Crippen LogP) is 4.69. The van der Waals surface area contributed by atoms with E-state index in [0.29, 0.717) is 28.0 Å². The van der Waals surface area contributed by atoms with Crippen LogP contribution in [0, 0.1) is 6.92 Å². The average molecular weight is 403 g/mol. The topological polar surface area (TPSA) is 79.5 Å². The number of aryl methyl sites for hydroxylation is 1. The summed E-state index contributed by atoms with van der Waals surface area (Å²) < 4.78 is 1.70. The quantitative estimate of drug-likeness (QED) is 0.462. The Morgan fingerprint density at radius 1 is 1.19 bits per heavy atom. The van der Waals surface area contributed by atoms with E-state index in [-0.39, 0.29) is 5.56 Å². The fraction of sp³-hybridized carbons (Fsp3) is 0.105. The van der Waals surface area contributed by atoms with Gasteiger partial charge in [0.1, 0.15) is 5.15 Å². The molecule has 0 saturated carbocycles. The monoisotopic (exact) mass is 402 g/mol. The van der Waals surface area contributed by atoms with Gasteiger partial charge in [-0.25, -0.2) is 9.48 Å². The van der Waals surface area contributed by atoms with Gasteiger partial charge in [-0.15, -0.1) is 0 Å². The zero-order valence-corrected chi connectivity index (χ0v) is 15.9. The number of aromatic carboxylic acids is 1. The normalized spacial score (nSPS) is 11.1. The summed E-state index contributed by atoms with van der Waals surface area (Å²) in [7, 11) is 0. The van der Waals surface area contributed by atoms with Crippen LogP contribution in [0.2, 0.25) is 10.2 Å². The van der Waals surface area contributed by atoms with Gasteiger partial charge in [0.15, 0.2) is 0 Å². The zero-order valence-electron chi connectivity index (χ0n) is 14.4.